The van der Waals surface area contributed by atoms with E-state index >= 15 is 0 Å². The summed E-state index contributed by atoms with van der Waals surface area (Å²) in [5, 5.41) is 6.53. The second-order valence-electron chi connectivity index (χ2n) is 9.74. The highest BCUT2D eigenvalue weighted by atomic mass is 19.1. The van der Waals surface area contributed by atoms with Crippen molar-refractivity contribution < 1.29 is 14.0 Å². The molecular formula is C27H22FN3O2. The van der Waals surface area contributed by atoms with E-state index in [9.17, 15) is 14.0 Å². The van der Waals surface area contributed by atoms with E-state index in [1.54, 1.807) is 18.3 Å². The van der Waals surface area contributed by atoms with E-state index in [2.05, 4.69) is 21.8 Å². The van der Waals surface area contributed by atoms with Crippen LogP contribution in [-0.2, 0) is 16.1 Å². The minimum absolute atomic E-state index is 0.152. The number of halogens is 1. The molecule has 2 saturated carbocycles. The Morgan fingerprint density at radius 2 is 1.61 bits per heavy atom. The Morgan fingerprint density at radius 3 is 2.30 bits per heavy atom. The molecule has 3 fully saturated rings. The number of allylic oxidation sites excluding steroid dienone is 2. The van der Waals surface area contributed by atoms with Crippen LogP contribution in [-0.4, -0.2) is 27.6 Å². The molecule has 5 aliphatic rings. The Kier molecular flexibility index (Phi) is 3.87. The number of benzene rings is 2. The molecule has 2 heterocycles. The van der Waals surface area contributed by atoms with Gasteiger partial charge in [0, 0.05) is 29.2 Å². The molecule has 0 N–H and O–H groups in total. The second kappa shape index (κ2) is 6.73. The van der Waals surface area contributed by atoms with Crippen LogP contribution < -0.4 is 0 Å². The lowest BCUT2D eigenvalue weighted by Gasteiger charge is -2.37. The van der Waals surface area contributed by atoms with Gasteiger partial charge in [0.2, 0.25) is 0 Å². The molecule has 2 amide bonds. The molecule has 6 heteroatoms. The minimum atomic E-state index is -0.259. The average Bonchev–Trinajstić information content (AvgIpc) is 3.54. The van der Waals surface area contributed by atoms with Gasteiger partial charge in [-0.2, -0.15) is 10.1 Å². The number of carbonyl (C=O) groups is 2. The van der Waals surface area contributed by atoms with E-state index in [4.69, 9.17) is 0 Å². The van der Waals surface area contributed by atoms with Gasteiger partial charge in [-0.05, 0) is 53.9 Å². The maximum Gasteiger partial charge on any atom is 0.254 e. The van der Waals surface area contributed by atoms with Crippen molar-refractivity contribution in [1.82, 2.24) is 9.58 Å². The number of imide groups is 1. The smallest absolute Gasteiger partial charge is 0.254 e. The molecule has 1 aromatic heterocycles. The van der Waals surface area contributed by atoms with Gasteiger partial charge in [0.25, 0.3) is 11.8 Å². The summed E-state index contributed by atoms with van der Waals surface area (Å²) >= 11 is 0. The summed E-state index contributed by atoms with van der Waals surface area (Å²) in [5.41, 5.74) is 2.83. The number of amides is 2. The van der Waals surface area contributed by atoms with Crippen molar-refractivity contribution in [2.45, 2.75) is 13.0 Å². The fourth-order valence-corrected chi connectivity index (χ4v) is 6.47. The molecule has 5 nitrogen and oxygen atoms in total. The van der Waals surface area contributed by atoms with Gasteiger partial charge in [-0.25, -0.2) is 4.39 Å². The number of carbonyl (C=O) groups excluding carboxylic acids is 2. The first kappa shape index (κ1) is 19.0. The van der Waals surface area contributed by atoms with E-state index in [1.165, 1.54) is 12.1 Å². The maximum absolute atomic E-state index is 13.3. The molecule has 2 aromatic carbocycles. The highest BCUT2D eigenvalue weighted by molar-refractivity contribution is 6.07. The van der Waals surface area contributed by atoms with Gasteiger partial charge in [0.05, 0.1) is 18.1 Å². The van der Waals surface area contributed by atoms with Crippen LogP contribution in [0.25, 0.3) is 10.9 Å². The Balaban J connectivity index is 1.20. The summed E-state index contributed by atoms with van der Waals surface area (Å²) in [6, 6.07) is 14.4. The Morgan fingerprint density at radius 1 is 0.939 bits per heavy atom. The number of hydrogen-bond acceptors (Lipinski definition) is 3. The van der Waals surface area contributed by atoms with Crippen molar-refractivity contribution in [3.05, 3.63) is 83.8 Å². The van der Waals surface area contributed by atoms with Gasteiger partial charge < -0.3 is 4.57 Å². The zero-order valence-corrected chi connectivity index (χ0v) is 17.8. The van der Waals surface area contributed by atoms with E-state index < -0.39 is 0 Å². The number of nitrogens with zero attached hydrogens (tertiary/aromatic N) is 3. The molecular weight excluding hydrogens is 417 g/mol. The first-order valence-electron chi connectivity index (χ1n) is 11.5. The minimum Gasteiger partial charge on any atom is -0.342 e. The Hall–Kier alpha value is -3.54. The molecule has 0 spiro atoms. The van der Waals surface area contributed by atoms with Crippen LogP contribution in [0.3, 0.4) is 0 Å². The first-order chi connectivity index (χ1) is 16.1. The Bertz CT molecular complexity index is 1340. The first-order valence-corrected chi connectivity index (χ1v) is 11.5. The molecule has 6 atom stereocenters. The third-order valence-corrected chi connectivity index (χ3v) is 8.04. The van der Waals surface area contributed by atoms with Crippen molar-refractivity contribution in [1.29, 1.82) is 0 Å². The lowest BCUT2D eigenvalue weighted by atomic mass is 9.63. The molecule has 1 saturated heterocycles. The molecule has 0 unspecified atom stereocenters. The second-order valence-corrected chi connectivity index (χ2v) is 9.74. The van der Waals surface area contributed by atoms with Gasteiger partial charge in [-0.15, -0.1) is 0 Å². The van der Waals surface area contributed by atoms with Crippen molar-refractivity contribution in [2.75, 3.05) is 0 Å². The number of aromatic nitrogens is 1. The van der Waals surface area contributed by atoms with Crippen molar-refractivity contribution in [2.24, 2.45) is 40.6 Å². The molecule has 3 aromatic rings. The van der Waals surface area contributed by atoms with Crippen LogP contribution in [0.15, 0.2) is 72.0 Å². The molecule has 1 aliphatic heterocycles. The standard InChI is InChI=1S/C27H22FN3O2/c28-17-7-5-15(6-8-17)13-30-14-16(18-3-1-2-4-23(18)30)12-29-31-26(32)24-19-9-10-20(22-11-21(19)22)25(24)27(31)33/h1-10,12,14,19-22,24-25H,11,13H2/t19-,20-,21-,22+,24-,25+/m0/s1. The van der Waals surface area contributed by atoms with Crippen LogP contribution in [0, 0.1) is 41.3 Å². The zero-order chi connectivity index (χ0) is 22.3. The lowest BCUT2D eigenvalue weighted by Crippen LogP contribution is -2.40. The topological polar surface area (TPSA) is 54.7 Å². The molecule has 8 rings (SSSR count). The number of fused-ring (bicyclic) bond motifs is 1. The summed E-state index contributed by atoms with van der Waals surface area (Å²) in [7, 11) is 0. The third kappa shape index (κ3) is 2.73. The van der Waals surface area contributed by atoms with Crippen LogP contribution in [0.2, 0.25) is 0 Å². The molecule has 2 bridgehead atoms. The molecule has 33 heavy (non-hydrogen) atoms. The van der Waals surface area contributed by atoms with Gasteiger partial charge in [-0.3, -0.25) is 9.59 Å². The quantitative estimate of drug-likeness (QED) is 0.347. The summed E-state index contributed by atoms with van der Waals surface area (Å²) in [6.07, 6.45) is 9.08. The van der Waals surface area contributed by atoms with Gasteiger partial charge in [-0.1, -0.05) is 42.5 Å². The van der Waals surface area contributed by atoms with E-state index in [-0.39, 0.29) is 41.3 Å². The lowest BCUT2D eigenvalue weighted by molar-refractivity contribution is -0.140. The third-order valence-electron chi connectivity index (χ3n) is 8.04. The average molecular weight is 439 g/mol. The number of hydrazone groups is 1. The van der Waals surface area contributed by atoms with Crippen molar-refractivity contribution in [3.8, 4) is 0 Å². The van der Waals surface area contributed by atoms with E-state index in [0.717, 1.165) is 33.5 Å². The van der Waals surface area contributed by atoms with Gasteiger partial charge >= 0.3 is 0 Å². The highest BCUT2D eigenvalue weighted by Gasteiger charge is 2.67. The predicted molar refractivity (Wildman–Crippen MR) is 122 cm³/mol. The predicted octanol–water partition coefficient (Wildman–Crippen LogP) is 4.22. The normalized spacial score (nSPS) is 31.6. The fourth-order valence-electron chi connectivity index (χ4n) is 6.47. The van der Waals surface area contributed by atoms with Crippen molar-refractivity contribution in [3.63, 3.8) is 0 Å². The summed E-state index contributed by atoms with van der Waals surface area (Å²) in [6.45, 7) is 0.582. The largest absolute Gasteiger partial charge is 0.342 e. The highest BCUT2D eigenvalue weighted by Crippen LogP contribution is 2.65. The monoisotopic (exact) mass is 439 g/mol. The zero-order valence-electron chi connectivity index (χ0n) is 17.8. The van der Waals surface area contributed by atoms with Gasteiger partial charge in [0.15, 0.2) is 0 Å². The summed E-state index contributed by atoms with van der Waals surface area (Å²) in [5.74, 6) is 0.491. The van der Waals surface area contributed by atoms with E-state index in [1.807, 2.05) is 30.5 Å². The maximum atomic E-state index is 13.3. The van der Waals surface area contributed by atoms with Crippen LogP contribution in [0.4, 0.5) is 4.39 Å². The fraction of sp³-hybridized carbons (Fsp3) is 0.296. The van der Waals surface area contributed by atoms with Crippen LogP contribution >= 0.6 is 0 Å². The molecule has 164 valence electrons. The SMILES string of the molecule is O=C1[C@@H]2[C@H]3C=C[C@@H]([C@@H]4C[C@H]34)[C@@H]2C(=O)N1N=Cc1cn(Cc2ccc(F)cc2)c2ccccc12. The number of para-hydroxylation sites is 1. The number of rotatable bonds is 4. The van der Waals surface area contributed by atoms with Crippen LogP contribution in [0.1, 0.15) is 17.5 Å². The van der Waals surface area contributed by atoms with E-state index in [0.29, 0.717) is 18.4 Å². The van der Waals surface area contributed by atoms with Gasteiger partial charge in [0.1, 0.15) is 5.82 Å². The molecule has 0 radical (unpaired) electrons. The number of hydrogen-bond donors (Lipinski definition) is 0. The van der Waals surface area contributed by atoms with Crippen LogP contribution in [0.5, 0.6) is 0 Å². The molecule has 4 aliphatic carbocycles. The summed E-state index contributed by atoms with van der Waals surface area (Å²) in [4.78, 5) is 26.4. The Labute approximate surface area is 190 Å². The van der Waals surface area contributed by atoms with Crippen molar-refractivity contribution >= 4 is 28.9 Å². The summed E-state index contributed by atoms with van der Waals surface area (Å²) < 4.78 is 15.4.